The van der Waals surface area contributed by atoms with Gasteiger partial charge in [-0.15, -0.1) is 0 Å². The molecular weight excluding hydrogens is 500 g/mol. The Kier molecular flexibility index (Phi) is 6.32. The van der Waals surface area contributed by atoms with E-state index in [9.17, 15) is 14.7 Å². The number of benzene rings is 3. The molecule has 1 saturated heterocycles. The van der Waals surface area contributed by atoms with Crippen molar-refractivity contribution in [2.24, 2.45) is 0 Å². The first-order valence-corrected chi connectivity index (χ1v) is 12.7. The fraction of sp³-hybridized carbons (Fsp3) is 0.226. The van der Waals surface area contributed by atoms with Crippen molar-refractivity contribution < 1.29 is 19.4 Å². The molecule has 194 valence electrons. The molecule has 38 heavy (non-hydrogen) atoms. The van der Waals surface area contributed by atoms with Crippen molar-refractivity contribution >= 4 is 45.6 Å². The van der Waals surface area contributed by atoms with Crippen molar-refractivity contribution in [3.8, 4) is 5.75 Å². The monoisotopic (exact) mass is 528 g/mol. The number of Topliss-reactive ketones (excluding diaryl/α,β-unsaturated/α-hetero) is 1. The van der Waals surface area contributed by atoms with Gasteiger partial charge in [-0.2, -0.15) is 0 Å². The van der Waals surface area contributed by atoms with Crippen LogP contribution in [0.5, 0.6) is 5.75 Å². The number of methoxy groups -OCH3 is 1. The fourth-order valence-corrected chi connectivity index (χ4v) is 5.43. The summed E-state index contributed by atoms with van der Waals surface area (Å²) in [6.45, 7) is 8.03. The number of amides is 1. The minimum absolute atomic E-state index is 0.0212. The molecule has 1 aliphatic rings. The molecular formula is C31H29ClN2O4. The summed E-state index contributed by atoms with van der Waals surface area (Å²) in [6.07, 6.45) is 0. The lowest BCUT2D eigenvalue weighted by Gasteiger charge is -2.26. The Morgan fingerprint density at radius 2 is 1.76 bits per heavy atom. The highest BCUT2D eigenvalue weighted by Crippen LogP contribution is 2.46. The summed E-state index contributed by atoms with van der Waals surface area (Å²) in [5.74, 6) is -1.05. The van der Waals surface area contributed by atoms with Crippen LogP contribution >= 0.6 is 11.6 Å². The summed E-state index contributed by atoms with van der Waals surface area (Å²) >= 11 is 6.29. The molecule has 0 spiro atoms. The first kappa shape index (κ1) is 25.6. The number of carbonyl (C=O) groups is 2. The number of halogens is 1. The topological polar surface area (TPSA) is 82.6 Å². The van der Waals surface area contributed by atoms with E-state index < -0.39 is 17.7 Å². The molecule has 1 aromatic heterocycles. The molecule has 4 aromatic rings. The maximum Gasteiger partial charge on any atom is 0.300 e. The molecule has 1 atom stereocenters. The summed E-state index contributed by atoms with van der Waals surface area (Å²) in [7, 11) is 1.60. The molecule has 1 amide bonds. The average molecular weight is 529 g/mol. The smallest absolute Gasteiger partial charge is 0.300 e. The zero-order valence-electron chi connectivity index (χ0n) is 21.9. The molecule has 0 bridgehead atoms. The Morgan fingerprint density at radius 1 is 1.03 bits per heavy atom. The molecule has 2 N–H and O–H groups in total. The van der Waals surface area contributed by atoms with Crippen molar-refractivity contribution in [3.05, 3.63) is 99.7 Å². The second-order valence-corrected chi connectivity index (χ2v) is 11.0. The summed E-state index contributed by atoms with van der Waals surface area (Å²) in [6, 6.07) is 19.0. The van der Waals surface area contributed by atoms with Gasteiger partial charge in [0.05, 0.1) is 18.7 Å². The van der Waals surface area contributed by atoms with Crippen LogP contribution in [-0.2, 0) is 15.0 Å². The number of aromatic amines is 1. The van der Waals surface area contributed by atoms with E-state index >= 15 is 0 Å². The lowest BCUT2D eigenvalue weighted by molar-refractivity contribution is -0.132. The van der Waals surface area contributed by atoms with Crippen LogP contribution in [0, 0.1) is 6.92 Å². The van der Waals surface area contributed by atoms with Gasteiger partial charge in [0.25, 0.3) is 11.7 Å². The Hall–Kier alpha value is -4.03. The summed E-state index contributed by atoms with van der Waals surface area (Å²) < 4.78 is 5.56. The van der Waals surface area contributed by atoms with Crippen LogP contribution in [0.3, 0.4) is 0 Å². The van der Waals surface area contributed by atoms with Gasteiger partial charge < -0.3 is 14.8 Å². The number of aromatic nitrogens is 1. The number of nitrogens with zero attached hydrogens (tertiary/aromatic N) is 1. The fourth-order valence-electron chi connectivity index (χ4n) is 5.25. The number of rotatable bonds is 4. The number of hydrogen-bond acceptors (Lipinski definition) is 4. The van der Waals surface area contributed by atoms with Gasteiger partial charge in [0.15, 0.2) is 0 Å². The Labute approximate surface area is 226 Å². The van der Waals surface area contributed by atoms with Gasteiger partial charge >= 0.3 is 0 Å². The number of H-pyrrole nitrogens is 1. The van der Waals surface area contributed by atoms with Gasteiger partial charge in [0.1, 0.15) is 11.5 Å². The Morgan fingerprint density at radius 3 is 2.45 bits per heavy atom. The van der Waals surface area contributed by atoms with Gasteiger partial charge in [0, 0.05) is 44.0 Å². The lowest BCUT2D eigenvalue weighted by Crippen LogP contribution is -2.29. The number of ether oxygens (including phenoxy) is 1. The normalized spacial score (nSPS) is 17.4. The Balaban J connectivity index is 1.81. The van der Waals surface area contributed by atoms with E-state index in [1.54, 1.807) is 43.5 Å². The molecule has 6 nitrogen and oxygen atoms in total. The summed E-state index contributed by atoms with van der Waals surface area (Å²) in [4.78, 5) is 32.1. The van der Waals surface area contributed by atoms with Crippen molar-refractivity contribution in [1.29, 1.82) is 0 Å². The van der Waals surface area contributed by atoms with Crippen molar-refractivity contribution in [1.82, 2.24) is 4.98 Å². The number of ketones is 1. The highest BCUT2D eigenvalue weighted by molar-refractivity contribution is 6.52. The van der Waals surface area contributed by atoms with E-state index in [-0.39, 0.29) is 16.7 Å². The number of nitrogens with one attached hydrogen (secondary N) is 1. The van der Waals surface area contributed by atoms with E-state index in [1.807, 2.05) is 58.0 Å². The maximum atomic E-state index is 13.7. The first-order valence-electron chi connectivity index (χ1n) is 12.4. The molecule has 1 unspecified atom stereocenters. The van der Waals surface area contributed by atoms with Crippen LogP contribution in [0.2, 0.25) is 5.02 Å². The van der Waals surface area contributed by atoms with Gasteiger partial charge in [-0.1, -0.05) is 56.6 Å². The van der Waals surface area contributed by atoms with E-state index in [0.717, 1.165) is 27.7 Å². The lowest BCUT2D eigenvalue weighted by atomic mass is 9.84. The number of aryl methyl sites for hydroxylation is 1. The van der Waals surface area contributed by atoms with Crippen LogP contribution in [-0.4, -0.2) is 28.9 Å². The average Bonchev–Trinajstić information content (AvgIpc) is 3.34. The standard InChI is InChI=1S/C31H29ClN2O4/c1-17-25(21-11-6-7-12-23(21)33-17)27-26(29(36)30(37)34(27)20-10-8-9-19(32)16-20)28(35)18-13-14-24(38-5)22(15-18)31(2,3)4/h6-16,27,33,35H,1-5H3/b28-26+. The van der Waals surface area contributed by atoms with Gasteiger partial charge in [-0.3, -0.25) is 14.5 Å². The minimum atomic E-state index is -0.871. The highest BCUT2D eigenvalue weighted by Gasteiger charge is 2.48. The van der Waals surface area contributed by atoms with Gasteiger partial charge in [0.2, 0.25) is 0 Å². The van der Waals surface area contributed by atoms with E-state index in [2.05, 4.69) is 4.98 Å². The predicted octanol–water partition coefficient (Wildman–Crippen LogP) is 7.06. The molecule has 1 aliphatic heterocycles. The minimum Gasteiger partial charge on any atom is -0.507 e. The van der Waals surface area contributed by atoms with E-state index in [1.165, 1.54) is 4.90 Å². The van der Waals surface area contributed by atoms with Crippen LogP contribution in [0.1, 0.15) is 49.2 Å². The summed E-state index contributed by atoms with van der Waals surface area (Å²) in [5, 5.41) is 13.0. The van der Waals surface area contributed by atoms with Crippen LogP contribution in [0.15, 0.2) is 72.3 Å². The van der Waals surface area contributed by atoms with Crippen molar-refractivity contribution in [3.63, 3.8) is 0 Å². The quantitative estimate of drug-likeness (QED) is 0.169. The molecule has 3 aromatic carbocycles. The maximum absolute atomic E-state index is 13.7. The molecule has 0 aliphatic carbocycles. The Bertz CT molecular complexity index is 1630. The molecule has 5 rings (SSSR count). The zero-order valence-corrected chi connectivity index (χ0v) is 22.7. The molecule has 0 radical (unpaired) electrons. The van der Waals surface area contributed by atoms with E-state index in [4.69, 9.17) is 16.3 Å². The van der Waals surface area contributed by atoms with Crippen molar-refractivity contribution in [2.45, 2.75) is 39.2 Å². The number of para-hydroxylation sites is 1. The number of aliphatic hydroxyl groups excluding tert-OH is 1. The second kappa shape index (κ2) is 9.37. The SMILES string of the molecule is COc1ccc(/C(O)=C2\C(=O)C(=O)N(c3cccc(Cl)c3)C2c2c(C)[nH]c3ccccc23)cc1C(C)(C)C. The highest BCUT2D eigenvalue weighted by atomic mass is 35.5. The molecule has 2 heterocycles. The third-order valence-corrected chi connectivity index (χ3v) is 7.26. The van der Waals surface area contributed by atoms with Gasteiger partial charge in [-0.25, -0.2) is 0 Å². The number of carbonyl (C=O) groups excluding carboxylic acids is 2. The number of fused-ring (bicyclic) bond motifs is 1. The predicted molar refractivity (Wildman–Crippen MR) is 151 cm³/mol. The third-order valence-electron chi connectivity index (χ3n) is 7.03. The van der Waals surface area contributed by atoms with Crippen LogP contribution in [0.25, 0.3) is 16.7 Å². The molecule has 0 saturated carbocycles. The van der Waals surface area contributed by atoms with Crippen molar-refractivity contribution in [2.75, 3.05) is 12.0 Å². The molecule has 1 fully saturated rings. The van der Waals surface area contributed by atoms with Gasteiger partial charge in [-0.05, 0) is 54.8 Å². The number of anilines is 1. The van der Waals surface area contributed by atoms with Crippen LogP contribution in [0.4, 0.5) is 5.69 Å². The van der Waals surface area contributed by atoms with E-state index in [0.29, 0.717) is 22.0 Å². The third kappa shape index (κ3) is 4.15. The summed E-state index contributed by atoms with van der Waals surface area (Å²) in [5.41, 5.74) is 3.91. The number of aliphatic hydroxyl groups is 1. The zero-order chi connectivity index (χ0) is 27.4. The second-order valence-electron chi connectivity index (χ2n) is 10.5. The first-order chi connectivity index (χ1) is 18.0. The number of hydrogen-bond donors (Lipinski definition) is 2. The van der Waals surface area contributed by atoms with Crippen LogP contribution < -0.4 is 9.64 Å². The largest absolute Gasteiger partial charge is 0.507 e. The molecule has 7 heteroatoms.